The molecule has 9 heteroatoms. The van der Waals surface area contributed by atoms with Crippen molar-refractivity contribution >= 4 is 46.0 Å². The van der Waals surface area contributed by atoms with Gasteiger partial charge in [0, 0.05) is 12.6 Å². The molecule has 0 aliphatic carbocycles. The normalized spacial score (nSPS) is 12.6. The second kappa shape index (κ2) is 7.02. The molecule has 2 aromatic carbocycles. The number of H-pyrrole nitrogens is 1. The first-order valence-electron chi connectivity index (χ1n) is 8.95. The van der Waals surface area contributed by atoms with Crippen LogP contribution < -0.4 is 20.3 Å². The molecule has 7 nitrogen and oxygen atoms in total. The van der Waals surface area contributed by atoms with E-state index in [0.717, 1.165) is 16.9 Å². The Bertz CT molecular complexity index is 1370. The molecular weight excluding hydrogens is 410 g/mol. The largest absolute Gasteiger partial charge is 0.454 e. The third-order valence-electron chi connectivity index (χ3n) is 4.77. The molecule has 146 valence electrons. The van der Waals surface area contributed by atoms with Crippen molar-refractivity contribution in [2.75, 3.05) is 13.3 Å². The Morgan fingerprint density at radius 1 is 1.21 bits per heavy atom. The second-order valence-electron chi connectivity index (χ2n) is 6.55. The van der Waals surface area contributed by atoms with Gasteiger partial charge in [-0.1, -0.05) is 41.7 Å². The minimum Gasteiger partial charge on any atom is -0.454 e. The Balaban J connectivity index is 1.52. The van der Waals surface area contributed by atoms with Crippen LogP contribution in [0.1, 0.15) is 15.2 Å². The highest BCUT2D eigenvalue weighted by Crippen LogP contribution is 2.35. The highest BCUT2D eigenvalue weighted by molar-refractivity contribution is 7.73. The predicted octanol–water partition coefficient (Wildman–Crippen LogP) is 3.27. The van der Waals surface area contributed by atoms with Crippen molar-refractivity contribution in [3.05, 3.63) is 67.2 Å². The number of ether oxygens (including phenoxy) is 2. The number of thiazole rings is 1. The number of hydrogen-bond acceptors (Lipinski definition) is 6. The first-order chi connectivity index (χ1) is 14.1. The van der Waals surface area contributed by atoms with Gasteiger partial charge in [0.25, 0.3) is 11.5 Å². The number of aromatic amines is 1. The van der Waals surface area contributed by atoms with Crippen LogP contribution in [0, 0.1) is 3.95 Å². The average Bonchev–Trinajstić information content (AvgIpc) is 3.31. The van der Waals surface area contributed by atoms with Crippen LogP contribution in [0.4, 0.5) is 0 Å². The molecule has 3 heterocycles. The van der Waals surface area contributed by atoms with Crippen molar-refractivity contribution in [3.8, 4) is 11.5 Å². The molecule has 4 aromatic rings. The quantitative estimate of drug-likeness (QED) is 0.490. The number of carbonyl (C=O) groups is 1. The Hall–Kier alpha value is -3.17. The molecule has 0 saturated carbocycles. The smallest absolute Gasteiger partial charge is 0.265 e. The van der Waals surface area contributed by atoms with Gasteiger partial charge in [-0.25, -0.2) is 0 Å². The van der Waals surface area contributed by atoms with Gasteiger partial charge in [0.1, 0.15) is 10.5 Å². The molecule has 0 radical (unpaired) electrons. The predicted molar refractivity (Wildman–Crippen MR) is 113 cm³/mol. The number of amides is 1. The van der Waals surface area contributed by atoms with Gasteiger partial charge in [0.05, 0.1) is 10.9 Å². The average molecular weight is 425 g/mol. The van der Waals surface area contributed by atoms with Crippen molar-refractivity contribution in [2.45, 2.75) is 6.42 Å². The minimum atomic E-state index is -0.315. The zero-order valence-corrected chi connectivity index (χ0v) is 16.7. The van der Waals surface area contributed by atoms with Gasteiger partial charge in [-0.15, -0.1) is 0 Å². The number of benzene rings is 2. The lowest BCUT2D eigenvalue weighted by Crippen LogP contribution is -2.25. The van der Waals surface area contributed by atoms with E-state index in [0.29, 0.717) is 49.8 Å². The number of hydrogen-bond donors (Lipinski definition) is 2. The maximum Gasteiger partial charge on any atom is 0.265 e. The van der Waals surface area contributed by atoms with E-state index >= 15 is 0 Å². The van der Waals surface area contributed by atoms with Crippen LogP contribution in [0.25, 0.3) is 16.6 Å². The highest BCUT2D eigenvalue weighted by Gasteiger charge is 2.21. The summed E-state index contributed by atoms with van der Waals surface area (Å²) in [7, 11) is 0. The summed E-state index contributed by atoms with van der Waals surface area (Å²) < 4.78 is 12.9. The number of nitrogens with one attached hydrogen (secondary N) is 2. The van der Waals surface area contributed by atoms with Gasteiger partial charge in [0.15, 0.2) is 15.5 Å². The van der Waals surface area contributed by atoms with Gasteiger partial charge in [0.2, 0.25) is 6.79 Å². The Morgan fingerprint density at radius 3 is 2.76 bits per heavy atom. The van der Waals surface area contributed by atoms with Crippen molar-refractivity contribution in [1.82, 2.24) is 14.7 Å². The first-order valence-corrected chi connectivity index (χ1v) is 10.2. The molecule has 0 unspecified atom stereocenters. The summed E-state index contributed by atoms with van der Waals surface area (Å²) in [6, 6.07) is 13.3. The monoisotopic (exact) mass is 425 g/mol. The fourth-order valence-corrected chi connectivity index (χ4v) is 4.68. The Labute approximate surface area is 173 Å². The molecule has 0 bridgehead atoms. The summed E-state index contributed by atoms with van der Waals surface area (Å²) in [6.45, 7) is 0.590. The van der Waals surface area contributed by atoms with Crippen molar-refractivity contribution < 1.29 is 14.3 Å². The summed E-state index contributed by atoms with van der Waals surface area (Å²) in [5.74, 6) is 0.796. The summed E-state index contributed by atoms with van der Waals surface area (Å²) in [6.07, 6.45) is 0.715. The van der Waals surface area contributed by atoms with Gasteiger partial charge in [-0.05, 0) is 30.3 Å². The third kappa shape index (κ3) is 3.08. The molecule has 1 aliphatic rings. The van der Waals surface area contributed by atoms with Crippen LogP contribution in [0.5, 0.6) is 11.5 Å². The molecule has 1 amide bonds. The van der Waals surface area contributed by atoms with Gasteiger partial charge >= 0.3 is 0 Å². The fraction of sp³-hybridized carbons (Fsp3) is 0.150. The first kappa shape index (κ1) is 17.9. The van der Waals surface area contributed by atoms with E-state index < -0.39 is 0 Å². The Kier molecular flexibility index (Phi) is 4.33. The van der Waals surface area contributed by atoms with Crippen LogP contribution in [0.3, 0.4) is 0 Å². The maximum absolute atomic E-state index is 12.8. The molecule has 29 heavy (non-hydrogen) atoms. The van der Waals surface area contributed by atoms with Crippen molar-refractivity contribution in [2.24, 2.45) is 0 Å². The van der Waals surface area contributed by atoms with Crippen molar-refractivity contribution in [1.29, 1.82) is 0 Å². The van der Waals surface area contributed by atoms with Gasteiger partial charge < -0.3 is 19.8 Å². The standard InChI is InChI=1S/C20H15N3O4S2/c24-18-12-8-14-15(27-10-26-14)9-13(12)23-17(22-18)16(29-20(23)28)19(25)21-7-6-11-4-2-1-3-5-11/h1-5,8-9H,6-7,10H2,(H,21,25)(H,22,24). The molecule has 2 aromatic heterocycles. The van der Waals surface area contributed by atoms with E-state index in [2.05, 4.69) is 10.3 Å². The lowest BCUT2D eigenvalue weighted by Gasteiger charge is -2.06. The summed E-state index contributed by atoms with van der Waals surface area (Å²) >= 11 is 6.65. The maximum atomic E-state index is 12.8. The third-order valence-corrected chi connectivity index (χ3v) is 6.14. The molecule has 1 aliphatic heterocycles. The SMILES string of the molecule is O=C(NCCc1ccccc1)c1sc(=S)n2c1[nH]c(=O)c1cc3c(cc12)OCO3. The lowest BCUT2D eigenvalue weighted by atomic mass is 10.1. The number of rotatable bonds is 4. The van der Waals surface area contributed by atoms with Gasteiger partial charge in [-0.3, -0.25) is 14.0 Å². The summed E-state index contributed by atoms with van der Waals surface area (Å²) in [5.41, 5.74) is 1.79. The molecule has 0 atom stereocenters. The van der Waals surface area contributed by atoms with E-state index in [-0.39, 0.29) is 18.3 Å². The topological polar surface area (TPSA) is 84.8 Å². The summed E-state index contributed by atoms with van der Waals surface area (Å²) in [4.78, 5) is 28.6. The van der Waals surface area contributed by atoms with Crippen LogP contribution in [0.2, 0.25) is 0 Å². The molecule has 0 fully saturated rings. The zero-order valence-electron chi connectivity index (χ0n) is 15.1. The van der Waals surface area contributed by atoms with E-state index in [9.17, 15) is 9.59 Å². The Morgan fingerprint density at radius 2 is 1.97 bits per heavy atom. The second-order valence-corrected chi connectivity index (χ2v) is 8.19. The molecule has 2 N–H and O–H groups in total. The van der Waals surface area contributed by atoms with E-state index in [1.165, 1.54) is 0 Å². The number of aromatic nitrogens is 2. The van der Waals surface area contributed by atoms with E-state index in [1.807, 2.05) is 30.3 Å². The fourth-order valence-electron chi connectivity index (χ4n) is 3.38. The van der Waals surface area contributed by atoms with Gasteiger partial charge in [-0.2, -0.15) is 0 Å². The highest BCUT2D eigenvalue weighted by atomic mass is 32.1. The minimum absolute atomic E-state index is 0.108. The molecule has 5 rings (SSSR count). The number of nitrogens with zero attached hydrogens (tertiary/aromatic N) is 1. The van der Waals surface area contributed by atoms with E-state index in [1.54, 1.807) is 16.5 Å². The molecule has 0 saturated heterocycles. The number of fused-ring (bicyclic) bond motifs is 4. The van der Waals surface area contributed by atoms with Crippen LogP contribution in [-0.2, 0) is 6.42 Å². The van der Waals surface area contributed by atoms with Crippen LogP contribution >= 0.6 is 23.6 Å². The summed E-state index contributed by atoms with van der Waals surface area (Å²) in [5, 5.41) is 3.33. The number of carbonyl (C=O) groups excluding carboxylic acids is 1. The zero-order chi connectivity index (χ0) is 20.0. The van der Waals surface area contributed by atoms with Crippen LogP contribution in [0.15, 0.2) is 47.3 Å². The van der Waals surface area contributed by atoms with Crippen molar-refractivity contribution in [3.63, 3.8) is 0 Å². The lowest BCUT2D eigenvalue weighted by molar-refractivity contribution is 0.0959. The van der Waals surface area contributed by atoms with E-state index in [4.69, 9.17) is 21.7 Å². The molecule has 0 spiro atoms. The van der Waals surface area contributed by atoms with Crippen LogP contribution in [-0.4, -0.2) is 28.6 Å². The molecular formula is C20H15N3O4S2.